The maximum atomic E-state index is 13.3. The highest BCUT2D eigenvalue weighted by Crippen LogP contribution is 2.29. The maximum absolute atomic E-state index is 13.3. The summed E-state index contributed by atoms with van der Waals surface area (Å²) in [5.41, 5.74) is 2.42. The van der Waals surface area contributed by atoms with Crippen LogP contribution in [0.2, 0.25) is 5.02 Å². The quantitative estimate of drug-likeness (QED) is 0.763. The molecule has 0 unspecified atom stereocenters. The van der Waals surface area contributed by atoms with Crippen molar-refractivity contribution in [3.8, 4) is 0 Å². The minimum absolute atomic E-state index is 0.0986. The molecule has 0 fully saturated rings. The second kappa shape index (κ2) is 6.44. The Morgan fingerprint density at radius 1 is 1.18 bits per heavy atom. The molecule has 0 aliphatic rings. The molecule has 2 aromatic rings. The van der Waals surface area contributed by atoms with Gasteiger partial charge in [-0.3, -0.25) is 4.79 Å². The van der Waals surface area contributed by atoms with E-state index in [-0.39, 0.29) is 16.5 Å². The first-order valence-corrected chi connectivity index (χ1v) is 7.24. The summed E-state index contributed by atoms with van der Waals surface area (Å²) in [6.45, 7) is 5.89. The maximum Gasteiger partial charge on any atom is 0.257 e. The smallest absolute Gasteiger partial charge is 0.257 e. The number of anilines is 1. The normalized spacial score (nSPS) is 10.9. The van der Waals surface area contributed by atoms with E-state index in [2.05, 4.69) is 5.32 Å². The molecule has 116 valence electrons. The molecule has 0 aliphatic heterocycles. The number of amides is 1. The minimum atomic E-state index is -1.11. The zero-order chi connectivity index (χ0) is 16.4. The summed E-state index contributed by atoms with van der Waals surface area (Å²) in [4.78, 5) is 12.3. The number of benzene rings is 2. The fraction of sp³-hybridized carbons (Fsp3) is 0.235. The van der Waals surface area contributed by atoms with Crippen molar-refractivity contribution >= 4 is 23.2 Å². The van der Waals surface area contributed by atoms with Crippen molar-refractivity contribution in [2.45, 2.75) is 26.7 Å². The summed E-state index contributed by atoms with van der Waals surface area (Å²) in [6.07, 6.45) is 0. The number of hydrogen-bond acceptors (Lipinski definition) is 1. The van der Waals surface area contributed by atoms with Crippen LogP contribution in [0.4, 0.5) is 14.5 Å². The molecule has 0 saturated carbocycles. The molecule has 0 saturated heterocycles. The van der Waals surface area contributed by atoms with E-state index in [0.29, 0.717) is 5.69 Å². The Labute approximate surface area is 133 Å². The van der Waals surface area contributed by atoms with Crippen LogP contribution in [-0.2, 0) is 0 Å². The molecule has 0 aromatic heterocycles. The van der Waals surface area contributed by atoms with Crippen molar-refractivity contribution in [2.75, 3.05) is 5.32 Å². The van der Waals surface area contributed by atoms with Gasteiger partial charge < -0.3 is 5.32 Å². The molecule has 0 aliphatic carbocycles. The second-order valence-corrected chi connectivity index (χ2v) is 5.80. The van der Waals surface area contributed by atoms with Gasteiger partial charge in [0.25, 0.3) is 5.91 Å². The molecule has 0 heterocycles. The predicted molar refractivity (Wildman–Crippen MR) is 84.6 cm³/mol. The summed E-state index contributed by atoms with van der Waals surface area (Å²) in [7, 11) is 0. The van der Waals surface area contributed by atoms with Crippen LogP contribution in [0.5, 0.6) is 0 Å². The minimum Gasteiger partial charge on any atom is -0.321 e. The van der Waals surface area contributed by atoms with E-state index >= 15 is 0 Å². The van der Waals surface area contributed by atoms with Crippen LogP contribution in [0.25, 0.3) is 0 Å². The fourth-order valence-electron chi connectivity index (χ4n) is 2.22. The molecule has 22 heavy (non-hydrogen) atoms. The number of nitrogens with one attached hydrogen (secondary N) is 1. The van der Waals surface area contributed by atoms with E-state index in [0.717, 1.165) is 23.3 Å². The third-order valence-corrected chi connectivity index (χ3v) is 3.73. The molecule has 5 heteroatoms. The highest BCUT2D eigenvalue weighted by atomic mass is 35.5. The third kappa shape index (κ3) is 3.28. The standard InChI is InChI=1S/C17H16ClF2NO/c1-9(2)11-6-4-5-10(3)16(11)21-17(22)12-7-14(19)15(20)8-13(12)18/h4-9H,1-3H3,(H,21,22). The molecule has 1 amide bonds. The number of para-hydroxylation sites is 1. The van der Waals surface area contributed by atoms with Crippen LogP contribution in [-0.4, -0.2) is 5.91 Å². The van der Waals surface area contributed by atoms with Crippen LogP contribution >= 0.6 is 11.6 Å². The Balaban J connectivity index is 2.40. The van der Waals surface area contributed by atoms with Gasteiger partial charge in [0.15, 0.2) is 11.6 Å². The van der Waals surface area contributed by atoms with Gasteiger partial charge in [-0.05, 0) is 36.1 Å². The Bertz CT molecular complexity index is 729. The monoisotopic (exact) mass is 323 g/mol. The van der Waals surface area contributed by atoms with Crippen LogP contribution in [0.3, 0.4) is 0 Å². The van der Waals surface area contributed by atoms with E-state index in [4.69, 9.17) is 11.6 Å². The molecule has 2 rings (SSSR count). The molecule has 0 radical (unpaired) electrons. The van der Waals surface area contributed by atoms with Gasteiger partial charge in [-0.25, -0.2) is 8.78 Å². The molecule has 1 N–H and O–H groups in total. The highest BCUT2D eigenvalue weighted by Gasteiger charge is 2.18. The van der Waals surface area contributed by atoms with Crippen molar-refractivity contribution in [3.05, 3.63) is 63.7 Å². The molecule has 2 aromatic carbocycles. The van der Waals surface area contributed by atoms with Gasteiger partial charge in [0.05, 0.1) is 10.6 Å². The fourth-order valence-corrected chi connectivity index (χ4v) is 2.46. The van der Waals surface area contributed by atoms with Gasteiger partial charge >= 0.3 is 0 Å². The topological polar surface area (TPSA) is 29.1 Å². The van der Waals surface area contributed by atoms with Gasteiger partial charge in [0.2, 0.25) is 0 Å². The van der Waals surface area contributed by atoms with Crippen LogP contribution < -0.4 is 5.32 Å². The molecular formula is C17H16ClF2NO. The third-order valence-electron chi connectivity index (χ3n) is 3.42. The van der Waals surface area contributed by atoms with Crippen molar-refractivity contribution < 1.29 is 13.6 Å². The van der Waals surface area contributed by atoms with Crippen LogP contribution in [0.1, 0.15) is 41.3 Å². The number of rotatable bonds is 3. The first kappa shape index (κ1) is 16.4. The number of halogens is 3. The van der Waals surface area contributed by atoms with Crippen LogP contribution in [0.15, 0.2) is 30.3 Å². The lowest BCUT2D eigenvalue weighted by molar-refractivity contribution is 0.102. The van der Waals surface area contributed by atoms with Gasteiger partial charge in [-0.1, -0.05) is 43.6 Å². The number of aryl methyl sites for hydroxylation is 1. The Morgan fingerprint density at radius 2 is 1.82 bits per heavy atom. The summed E-state index contributed by atoms with van der Waals surface area (Å²) in [5, 5.41) is 2.62. The molecule has 0 atom stereocenters. The SMILES string of the molecule is Cc1cccc(C(C)C)c1NC(=O)c1cc(F)c(F)cc1Cl. The Kier molecular flexibility index (Phi) is 4.81. The number of hydrogen-bond donors (Lipinski definition) is 1. The first-order chi connectivity index (χ1) is 10.3. The summed E-state index contributed by atoms with van der Waals surface area (Å²) >= 11 is 5.84. The largest absolute Gasteiger partial charge is 0.321 e. The van der Waals surface area contributed by atoms with E-state index in [1.807, 2.05) is 39.0 Å². The summed E-state index contributed by atoms with van der Waals surface area (Å²) in [5.74, 6) is -2.56. The zero-order valence-electron chi connectivity index (χ0n) is 12.5. The van der Waals surface area contributed by atoms with Crippen molar-refractivity contribution in [2.24, 2.45) is 0 Å². The van der Waals surface area contributed by atoms with Crippen molar-refractivity contribution in [1.82, 2.24) is 0 Å². The zero-order valence-corrected chi connectivity index (χ0v) is 13.3. The summed E-state index contributed by atoms with van der Waals surface area (Å²) < 4.78 is 26.4. The number of carbonyl (C=O) groups is 1. The van der Waals surface area contributed by atoms with E-state index in [1.165, 1.54) is 0 Å². The molecule has 0 spiro atoms. The number of carbonyl (C=O) groups excluding carboxylic acids is 1. The van der Waals surface area contributed by atoms with E-state index < -0.39 is 17.5 Å². The van der Waals surface area contributed by atoms with Gasteiger partial charge in [0.1, 0.15) is 0 Å². The average Bonchev–Trinajstić information content (AvgIpc) is 2.44. The lowest BCUT2D eigenvalue weighted by Gasteiger charge is -2.17. The Morgan fingerprint density at radius 3 is 2.45 bits per heavy atom. The Hall–Kier alpha value is -1.94. The van der Waals surface area contributed by atoms with Gasteiger partial charge in [-0.15, -0.1) is 0 Å². The van der Waals surface area contributed by atoms with Crippen molar-refractivity contribution in [1.29, 1.82) is 0 Å². The first-order valence-electron chi connectivity index (χ1n) is 6.86. The molecule has 0 bridgehead atoms. The molecular weight excluding hydrogens is 308 g/mol. The second-order valence-electron chi connectivity index (χ2n) is 5.39. The average molecular weight is 324 g/mol. The van der Waals surface area contributed by atoms with Crippen molar-refractivity contribution in [3.63, 3.8) is 0 Å². The van der Waals surface area contributed by atoms with Gasteiger partial charge in [-0.2, -0.15) is 0 Å². The summed E-state index contributed by atoms with van der Waals surface area (Å²) in [6, 6.07) is 7.30. The lowest BCUT2D eigenvalue weighted by Crippen LogP contribution is -2.16. The lowest BCUT2D eigenvalue weighted by atomic mass is 9.98. The van der Waals surface area contributed by atoms with Crippen LogP contribution in [0, 0.1) is 18.6 Å². The van der Waals surface area contributed by atoms with E-state index in [9.17, 15) is 13.6 Å². The predicted octanol–water partition coefficient (Wildman–Crippen LogP) is 5.30. The highest BCUT2D eigenvalue weighted by molar-refractivity contribution is 6.34. The van der Waals surface area contributed by atoms with Gasteiger partial charge in [0, 0.05) is 5.69 Å². The van der Waals surface area contributed by atoms with E-state index in [1.54, 1.807) is 0 Å². The molecule has 2 nitrogen and oxygen atoms in total.